The van der Waals surface area contributed by atoms with Gasteiger partial charge in [0, 0.05) is 50.4 Å². The molecule has 10 aromatic rings. The van der Waals surface area contributed by atoms with E-state index in [0.717, 1.165) is 66.7 Å². The van der Waals surface area contributed by atoms with Crippen LogP contribution in [0.1, 0.15) is 0 Å². The van der Waals surface area contributed by atoms with Crippen LogP contribution in [0.5, 0.6) is 0 Å². The molecule has 0 N–H and O–H groups in total. The molecule has 0 aliphatic rings. The van der Waals surface area contributed by atoms with Gasteiger partial charge in [-0.1, -0.05) is 146 Å². The zero-order chi connectivity index (χ0) is 35.8. The Morgan fingerprint density at radius 3 is 1.63 bits per heavy atom. The first-order valence-corrected chi connectivity index (χ1v) is 18.2. The standard InChI is InChI=1S/C50H33N3O/c1-4-13-34(14-5-1)36-23-25-38(26-24-36)49-42-19-10-11-21-45(42)51-50(52-49)44-20-12-22-46-48(44)43-32-31-41(33-47(43)54-46)53(39-17-8-3-9-18-39)40-29-27-37(28-30-40)35-15-6-2-7-16-35/h1-33H. The lowest BCUT2D eigenvalue weighted by atomic mass is 10.0. The number of hydrogen-bond donors (Lipinski definition) is 0. The van der Waals surface area contributed by atoms with Crippen LogP contribution < -0.4 is 4.90 Å². The van der Waals surface area contributed by atoms with Crippen molar-refractivity contribution in [3.63, 3.8) is 0 Å². The molecule has 0 atom stereocenters. The van der Waals surface area contributed by atoms with E-state index in [1.165, 1.54) is 22.3 Å². The molecule has 0 aliphatic carbocycles. The van der Waals surface area contributed by atoms with Crippen molar-refractivity contribution in [3.8, 4) is 44.9 Å². The first-order chi connectivity index (χ1) is 26.8. The summed E-state index contributed by atoms with van der Waals surface area (Å²) in [6.07, 6.45) is 0. The average Bonchev–Trinajstić information content (AvgIpc) is 3.63. The van der Waals surface area contributed by atoms with Crippen molar-refractivity contribution in [2.75, 3.05) is 4.90 Å². The number of para-hydroxylation sites is 2. The van der Waals surface area contributed by atoms with Crippen LogP contribution >= 0.6 is 0 Å². The summed E-state index contributed by atoms with van der Waals surface area (Å²) in [4.78, 5) is 12.7. The number of rotatable bonds is 7. The number of aromatic nitrogens is 2. The fourth-order valence-electron chi connectivity index (χ4n) is 7.47. The summed E-state index contributed by atoms with van der Waals surface area (Å²) in [6, 6.07) is 69.6. The fourth-order valence-corrected chi connectivity index (χ4v) is 7.47. The predicted molar refractivity (Wildman–Crippen MR) is 223 cm³/mol. The van der Waals surface area contributed by atoms with Crippen molar-refractivity contribution in [1.82, 2.24) is 9.97 Å². The third-order valence-electron chi connectivity index (χ3n) is 10.1. The fraction of sp³-hybridized carbons (Fsp3) is 0. The Balaban J connectivity index is 1.08. The topological polar surface area (TPSA) is 42.2 Å². The minimum atomic E-state index is 0.664. The smallest absolute Gasteiger partial charge is 0.161 e. The summed E-state index contributed by atoms with van der Waals surface area (Å²) in [6.45, 7) is 0. The number of nitrogens with zero attached hydrogens (tertiary/aromatic N) is 3. The van der Waals surface area contributed by atoms with E-state index in [-0.39, 0.29) is 0 Å². The van der Waals surface area contributed by atoms with Gasteiger partial charge in [0.1, 0.15) is 11.2 Å². The van der Waals surface area contributed by atoms with Crippen LogP contribution in [0, 0.1) is 0 Å². The van der Waals surface area contributed by atoms with Crippen molar-refractivity contribution >= 4 is 49.9 Å². The van der Waals surface area contributed by atoms with Crippen LogP contribution in [0.2, 0.25) is 0 Å². The molecule has 4 nitrogen and oxygen atoms in total. The molecule has 0 bridgehead atoms. The summed E-state index contributed by atoms with van der Waals surface area (Å²) >= 11 is 0. The molecule has 10 rings (SSSR count). The van der Waals surface area contributed by atoms with Crippen LogP contribution in [0.3, 0.4) is 0 Å². The number of hydrogen-bond acceptors (Lipinski definition) is 4. The van der Waals surface area contributed by atoms with E-state index in [1.54, 1.807) is 0 Å². The van der Waals surface area contributed by atoms with Gasteiger partial charge in [0.05, 0.1) is 11.2 Å². The summed E-state index contributed by atoms with van der Waals surface area (Å²) in [5.41, 5.74) is 13.2. The Morgan fingerprint density at radius 1 is 0.370 bits per heavy atom. The third-order valence-corrected chi connectivity index (χ3v) is 10.1. The summed E-state index contributed by atoms with van der Waals surface area (Å²) < 4.78 is 6.63. The lowest BCUT2D eigenvalue weighted by Crippen LogP contribution is -2.09. The van der Waals surface area contributed by atoms with Crippen LogP contribution in [0.25, 0.3) is 77.7 Å². The molecule has 0 saturated carbocycles. The van der Waals surface area contributed by atoms with E-state index >= 15 is 0 Å². The van der Waals surface area contributed by atoms with Gasteiger partial charge in [0.2, 0.25) is 0 Å². The minimum absolute atomic E-state index is 0.664. The quantitative estimate of drug-likeness (QED) is 0.167. The first kappa shape index (κ1) is 31.4. The van der Waals surface area contributed by atoms with Crippen LogP contribution in [0.4, 0.5) is 17.1 Å². The summed E-state index contributed by atoms with van der Waals surface area (Å²) in [7, 11) is 0. The molecule has 0 saturated heterocycles. The molecule has 0 fully saturated rings. The molecule has 254 valence electrons. The zero-order valence-electron chi connectivity index (χ0n) is 29.3. The molecule has 54 heavy (non-hydrogen) atoms. The van der Waals surface area contributed by atoms with Gasteiger partial charge in [0.25, 0.3) is 0 Å². The van der Waals surface area contributed by atoms with Gasteiger partial charge in [-0.25, -0.2) is 9.97 Å². The second-order valence-corrected chi connectivity index (χ2v) is 13.4. The second kappa shape index (κ2) is 13.4. The third kappa shape index (κ3) is 5.67. The highest BCUT2D eigenvalue weighted by Crippen LogP contribution is 2.42. The second-order valence-electron chi connectivity index (χ2n) is 13.4. The minimum Gasteiger partial charge on any atom is -0.456 e. The van der Waals surface area contributed by atoms with Gasteiger partial charge < -0.3 is 9.32 Å². The van der Waals surface area contributed by atoms with Crippen molar-refractivity contribution in [2.24, 2.45) is 0 Å². The largest absolute Gasteiger partial charge is 0.456 e. The van der Waals surface area contributed by atoms with E-state index in [1.807, 2.05) is 42.5 Å². The van der Waals surface area contributed by atoms with Gasteiger partial charge in [-0.3, -0.25) is 0 Å². The molecule has 4 heteroatoms. The monoisotopic (exact) mass is 691 g/mol. The Labute approximate surface area is 313 Å². The highest BCUT2D eigenvalue weighted by Gasteiger charge is 2.20. The van der Waals surface area contributed by atoms with Crippen molar-refractivity contribution in [2.45, 2.75) is 0 Å². The molecule has 0 unspecified atom stereocenters. The first-order valence-electron chi connectivity index (χ1n) is 18.2. The van der Waals surface area contributed by atoms with Gasteiger partial charge in [-0.05, 0) is 70.8 Å². The number of benzene rings is 8. The molecule has 0 radical (unpaired) electrons. The maximum Gasteiger partial charge on any atom is 0.161 e. The molecule has 2 heterocycles. The number of anilines is 3. The van der Waals surface area contributed by atoms with Crippen molar-refractivity contribution in [3.05, 3.63) is 200 Å². The predicted octanol–water partition coefficient (Wildman–Crippen LogP) is 13.7. The molecular formula is C50H33N3O. The average molecular weight is 692 g/mol. The maximum absolute atomic E-state index is 6.63. The Bertz CT molecular complexity index is 2900. The van der Waals surface area contributed by atoms with Gasteiger partial charge >= 0.3 is 0 Å². The van der Waals surface area contributed by atoms with E-state index in [9.17, 15) is 0 Å². The van der Waals surface area contributed by atoms with E-state index in [2.05, 4.69) is 163 Å². The van der Waals surface area contributed by atoms with E-state index in [4.69, 9.17) is 14.4 Å². The normalized spacial score (nSPS) is 11.3. The Kier molecular flexibility index (Phi) is 7.77. The highest BCUT2D eigenvalue weighted by molar-refractivity contribution is 6.13. The highest BCUT2D eigenvalue weighted by atomic mass is 16.3. The van der Waals surface area contributed by atoms with Crippen molar-refractivity contribution < 1.29 is 4.42 Å². The van der Waals surface area contributed by atoms with Crippen LogP contribution in [0.15, 0.2) is 205 Å². The molecule has 0 spiro atoms. The molecule has 8 aromatic carbocycles. The molecule has 0 aliphatic heterocycles. The van der Waals surface area contributed by atoms with Gasteiger partial charge in [-0.2, -0.15) is 0 Å². The van der Waals surface area contributed by atoms with E-state index in [0.29, 0.717) is 5.82 Å². The number of furan rings is 1. The van der Waals surface area contributed by atoms with Crippen LogP contribution in [-0.2, 0) is 0 Å². The van der Waals surface area contributed by atoms with Crippen molar-refractivity contribution in [1.29, 1.82) is 0 Å². The van der Waals surface area contributed by atoms with E-state index < -0.39 is 0 Å². The molecule has 0 amide bonds. The summed E-state index contributed by atoms with van der Waals surface area (Å²) in [5.74, 6) is 0.664. The number of fused-ring (bicyclic) bond motifs is 4. The van der Waals surface area contributed by atoms with Crippen LogP contribution in [-0.4, -0.2) is 9.97 Å². The molecule has 2 aromatic heterocycles. The lowest BCUT2D eigenvalue weighted by Gasteiger charge is -2.25. The Hall–Kier alpha value is -7.30. The SMILES string of the molecule is c1ccc(-c2ccc(-c3nc(-c4cccc5oc6cc(N(c7ccccc7)c7ccc(-c8ccccc8)cc7)ccc6c45)nc4ccccc34)cc2)cc1. The summed E-state index contributed by atoms with van der Waals surface area (Å²) in [5, 5.41) is 3.03. The Morgan fingerprint density at radius 2 is 0.926 bits per heavy atom. The zero-order valence-corrected chi connectivity index (χ0v) is 29.3. The molecular weight excluding hydrogens is 659 g/mol. The van der Waals surface area contributed by atoms with Gasteiger partial charge in [0.15, 0.2) is 5.82 Å². The maximum atomic E-state index is 6.63. The lowest BCUT2D eigenvalue weighted by molar-refractivity contribution is 0.669. The van der Waals surface area contributed by atoms with Gasteiger partial charge in [-0.15, -0.1) is 0 Å².